The molecule has 0 heterocycles. The minimum atomic E-state index is -2.05. The average molecular weight is 425 g/mol. The number of benzene rings is 1. The van der Waals surface area contributed by atoms with E-state index in [2.05, 4.69) is 6.92 Å². The average Bonchev–Trinajstić information content (AvgIpc) is 2.60. The van der Waals surface area contributed by atoms with Crippen LogP contribution in [0.1, 0.15) is 83.1 Å². The van der Waals surface area contributed by atoms with Crippen molar-refractivity contribution in [1.82, 2.24) is 0 Å². The van der Waals surface area contributed by atoms with Gasteiger partial charge in [-0.25, -0.2) is 0 Å². The fraction of sp³-hybridized carbons (Fsp3) is 0.619. The van der Waals surface area contributed by atoms with E-state index in [1.54, 1.807) is 18.2 Å². The molecule has 4 nitrogen and oxygen atoms in total. The third-order valence-corrected chi connectivity index (χ3v) is 4.87. The van der Waals surface area contributed by atoms with Gasteiger partial charge in [0.15, 0.2) is 0 Å². The van der Waals surface area contributed by atoms with Crippen molar-refractivity contribution in [3.8, 4) is 0 Å². The van der Waals surface area contributed by atoms with E-state index in [0.717, 1.165) is 19.3 Å². The molecule has 0 aromatic heterocycles. The monoisotopic (exact) mass is 424 g/mol. The first-order valence-corrected chi connectivity index (χ1v) is 9.54. The molecule has 6 heteroatoms. The summed E-state index contributed by atoms with van der Waals surface area (Å²) in [6, 6.07) is 8.02. The van der Waals surface area contributed by atoms with Crippen LogP contribution in [-0.4, -0.2) is 11.9 Å². The first-order chi connectivity index (χ1) is 12.1. The molecule has 0 amide bonds. The van der Waals surface area contributed by atoms with Crippen LogP contribution in [0, 0.1) is 0 Å². The number of aliphatic carboxylic acids is 2. The van der Waals surface area contributed by atoms with Crippen molar-refractivity contribution < 1.29 is 123 Å². The first kappa shape index (κ1) is 30.6. The number of rotatable bonds is 14. The first-order valence-electron chi connectivity index (χ1n) is 9.54. The van der Waals surface area contributed by atoms with E-state index >= 15 is 0 Å². The van der Waals surface area contributed by atoms with Crippen LogP contribution in [0.25, 0.3) is 0 Å². The number of carboxylic acids is 2. The summed E-state index contributed by atoms with van der Waals surface area (Å²) in [6.07, 6.45) is 11.0. The molecule has 0 saturated carbocycles. The molecule has 0 spiro atoms. The van der Waals surface area contributed by atoms with Gasteiger partial charge in [0.1, 0.15) is 0 Å². The molecule has 27 heavy (non-hydrogen) atoms. The van der Waals surface area contributed by atoms with E-state index in [4.69, 9.17) is 0 Å². The van der Waals surface area contributed by atoms with Crippen LogP contribution < -0.4 is 113 Å². The number of unbranched alkanes of at least 4 members (excludes halogenated alkanes) is 9. The maximum Gasteiger partial charge on any atom is 1.00 e. The van der Waals surface area contributed by atoms with Crippen molar-refractivity contribution in [1.29, 1.82) is 0 Å². The standard InChI is InChI=1S/C21H32O4.2K/c1-2-3-4-5-6-7-8-9-10-14-17-21(19(22)23,20(24)25)18-15-12-11-13-16-18;;/h11-13,15-16H,2-10,14,17H2,1H3,(H,22,23)(H,24,25);;/q;2*+1/p-2. The molecular formula is C21H30K2O4. The van der Waals surface area contributed by atoms with E-state index in [1.807, 2.05) is 0 Å². The van der Waals surface area contributed by atoms with E-state index in [9.17, 15) is 19.8 Å². The summed E-state index contributed by atoms with van der Waals surface area (Å²) in [5, 5.41) is 23.2. The maximum absolute atomic E-state index is 11.6. The van der Waals surface area contributed by atoms with Crippen LogP contribution in [0.4, 0.5) is 0 Å². The van der Waals surface area contributed by atoms with Crippen LogP contribution in [0.15, 0.2) is 30.3 Å². The third kappa shape index (κ3) is 10.9. The SMILES string of the molecule is CCCCCCCCCCCCC(C(=O)[O-])(C(=O)[O-])c1ccccc1.[K+].[K+]. The molecule has 0 aliphatic heterocycles. The predicted molar refractivity (Wildman–Crippen MR) is 94.6 cm³/mol. The van der Waals surface area contributed by atoms with Crippen LogP contribution in [0.2, 0.25) is 0 Å². The van der Waals surface area contributed by atoms with Gasteiger partial charge in [-0.2, -0.15) is 0 Å². The van der Waals surface area contributed by atoms with Crippen LogP contribution in [0.5, 0.6) is 0 Å². The molecule has 0 aliphatic rings. The number of hydrogen-bond donors (Lipinski definition) is 0. The second-order valence-corrected chi connectivity index (χ2v) is 6.78. The largest absolute Gasteiger partial charge is 1.00 e. The summed E-state index contributed by atoms with van der Waals surface area (Å²) in [5.74, 6) is -3.18. The summed E-state index contributed by atoms with van der Waals surface area (Å²) in [4.78, 5) is 23.2. The zero-order valence-corrected chi connectivity index (χ0v) is 23.5. The Morgan fingerprint density at radius 3 is 1.56 bits per heavy atom. The van der Waals surface area contributed by atoms with Gasteiger partial charge in [-0.1, -0.05) is 101 Å². The van der Waals surface area contributed by atoms with Crippen molar-refractivity contribution in [2.75, 3.05) is 0 Å². The van der Waals surface area contributed by atoms with Gasteiger partial charge in [0, 0.05) is 0 Å². The Kier molecular flexibility index (Phi) is 20.7. The Labute approximate surface area is 249 Å². The van der Waals surface area contributed by atoms with Gasteiger partial charge < -0.3 is 19.8 Å². The summed E-state index contributed by atoms with van der Waals surface area (Å²) in [6.45, 7) is 2.20. The van der Waals surface area contributed by atoms with Gasteiger partial charge in [-0.15, -0.1) is 0 Å². The van der Waals surface area contributed by atoms with E-state index in [1.165, 1.54) is 50.7 Å². The van der Waals surface area contributed by atoms with Gasteiger partial charge in [0.05, 0.1) is 17.4 Å². The van der Waals surface area contributed by atoms with Crippen molar-refractivity contribution in [3.63, 3.8) is 0 Å². The van der Waals surface area contributed by atoms with Crippen molar-refractivity contribution in [2.45, 2.75) is 83.0 Å². The van der Waals surface area contributed by atoms with Crippen LogP contribution in [-0.2, 0) is 15.0 Å². The molecule has 1 aromatic rings. The molecule has 0 saturated heterocycles. The molecule has 0 atom stereocenters. The summed E-state index contributed by atoms with van der Waals surface area (Å²) < 4.78 is 0. The molecule has 0 fully saturated rings. The maximum atomic E-state index is 11.6. The van der Waals surface area contributed by atoms with Gasteiger partial charge in [0.2, 0.25) is 0 Å². The number of carbonyl (C=O) groups is 2. The molecule has 140 valence electrons. The summed E-state index contributed by atoms with van der Waals surface area (Å²) in [5.41, 5.74) is -1.83. The fourth-order valence-corrected chi connectivity index (χ4v) is 3.27. The third-order valence-electron chi connectivity index (χ3n) is 4.87. The molecule has 0 aliphatic carbocycles. The number of carbonyl (C=O) groups excluding carboxylic acids is 2. The number of hydrogen-bond acceptors (Lipinski definition) is 4. The summed E-state index contributed by atoms with van der Waals surface area (Å²) in [7, 11) is 0. The summed E-state index contributed by atoms with van der Waals surface area (Å²) >= 11 is 0. The van der Waals surface area contributed by atoms with Crippen LogP contribution in [0.3, 0.4) is 0 Å². The molecule has 0 bridgehead atoms. The normalized spacial score (nSPS) is 10.6. The van der Waals surface area contributed by atoms with Crippen molar-refractivity contribution in [2.24, 2.45) is 0 Å². The molecule has 1 aromatic carbocycles. The quantitative estimate of drug-likeness (QED) is 0.178. The van der Waals surface area contributed by atoms with Gasteiger partial charge in [0.25, 0.3) is 0 Å². The topological polar surface area (TPSA) is 80.3 Å². The van der Waals surface area contributed by atoms with Crippen molar-refractivity contribution >= 4 is 11.9 Å². The minimum Gasteiger partial charge on any atom is -0.549 e. The molecule has 0 N–H and O–H groups in total. The Morgan fingerprint density at radius 1 is 0.741 bits per heavy atom. The Hall–Kier alpha value is 1.43. The molecular weight excluding hydrogens is 394 g/mol. The molecule has 0 radical (unpaired) electrons. The second-order valence-electron chi connectivity index (χ2n) is 6.78. The molecule has 0 unspecified atom stereocenters. The molecule has 1 rings (SSSR count). The van der Waals surface area contributed by atoms with Crippen LogP contribution >= 0.6 is 0 Å². The van der Waals surface area contributed by atoms with E-state index < -0.39 is 17.4 Å². The second kappa shape index (κ2) is 18.2. The van der Waals surface area contributed by atoms with Crippen molar-refractivity contribution in [3.05, 3.63) is 35.9 Å². The van der Waals surface area contributed by atoms with E-state index in [0.29, 0.717) is 6.42 Å². The van der Waals surface area contributed by atoms with Gasteiger partial charge in [-0.3, -0.25) is 0 Å². The Bertz CT molecular complexity index is 506. The Morgan fingerprint density at radius 2 is 1.15 bits per heavy atom. The Balaban J connectivity index is 0. The minimum absolute atomic E-state index is 0. The van der Waals surface area contributed by atoms with Gasteiger partial charge in [-0.05, 0) is 12.0 Å². The smallest absolute Gasteiger partial charge is 0.549 e. The van der Waals surface area contributed by atoms with Gasteiger partial charge >= 0.3 is 103 Å². The predicted octanol–water partition coefficient (Wildman–Crippen LogP) is -3.26. The number of carboxylic acid groups (broad SMARTS) is 2. The zero-order valence-electron chi connectivity index (χ0n) is 17.3. The van der Waals surface area contributed by atoms with E-state index in [-0.39, 0.29) is 115 Å². The zero-order chi connectivity index (χ0) is 18.5. The fourth-order valence-electron chi connectivity index (χ4n) is 3.27.